The molecule has 88 valence electrons. The van der Waals surface area contributed by atoms with Gasteiger partial charge in [0.15, 0.2) is 9.84 Å². The summed E-state index contributed by atoms with van der Waals surface area (Å²) in [4.78, 5) is 11.2. The summed E-state index contributed by atoms with van der Waals surface area (Å²) in [5.41, 5.74) is 0. The zero-order chi connectivity index (χ0) is 12.5. The van der Waals surface area contributed by atoms with Crippen molar-refractivity contribution in [3.8, 4) is 0 Å². The van der Waals surface area contributed by atoms with Gasteiger partial charge in [-0.2, -0.15) is 0 Å². The van der Waals surface area contributed by atoms with E-state index in [1.165, 1.54) is 6.92 Å². The first-order chi connectivity index (χ1) is 8.00. The van der Waals surface area contributed by atoms with Crippen LogP contribution in [0.2, 0.25) is 0 Å². The minimum atomic E-state index is -3.54. The first kappa shape index (κ1) is 11.8. The fourth-order valence-electron chi connectivity index (χ4n) is 1.81. The van der Waals surface area contributed by atoms with Crippen LogP contribution in [0.1, 0.15) is 6.92 Å². The summed E-state index contributed by atoms with van der Waals surface area (Å²) in [5.74, 6) is -0.793. The van der Waals surface area contributed by atoms with E-state index >= 15 is 0 Å². The zero-order valence-electron chi connectivity index (χ0n) is 9.38. The number of hydrogen-bond acceptors (Lipinski definition) is 3. The summed E-state index contributed by atoms with van der Waals surface area (Å²) in [7, 11) is -3.54. The molecule has 2 aromatic carbocycles. The molecule has 0 unspecified atom stereocenters. The Morgan fingerprint density at radius 2 is 1.71 bits per heavy atom. The van der Waals surface area contributed by atoms with Gasteiger partial charge in [-0.1, -0.05) is 36.4 Å². The number of carbonyl (C=O) groups excluding carboxylic acids is 1. The lowest BCUT2D eigenvalue weighted by molar-refractivity contribution is -0.114. The molecule has 0 radical (unpaired) electrons. The molecule has 0 saturated carbocycles. The molecular weight excluding hydrogens is 236 g/mol. The van der Waals surface area contributed by atoms with Crippen molar-refractivity contribution in [1.29, 1.82) is 0 Å². The van der Waals surface area contributed by atoms with Crippen molar-refractivity contribution < 1.29 is 13.2 Å². The zero-order valence-corrected chi connectivity index (χ0v) is 10.2. The van der Waals surface area contributed by atoms with Crippen molar-refractivity contribution in [1.82, 2.24) is 0 Å². The average Bonchev–Trinajstić information content (AvgIpc) is 2.26. The normalized spacial score (nSPS) is 11.6. The highest BCUT2D eigenvalue weighted by molar-refractivity contribution is 7.92. The highest BCUT2D eigenvalue weighted by Crippen LogP contribution is 2.23. The Balaban J connectivity index is 2.67. The topological polar surface area (TPSA) is 51.2 Å². The number of fused-ring (bicyclic) bond motifs is 1. The lowest BCUT2D eigenvalue weighted by atomic mass is 10.1. The van der Waals surface area contributed by atoms with Crippen LogP contribution in [-0.2, 0) is 14.6 Å². The molecule has 2 rings (SSSR count). The van der Waals surface area contributed by atoms with Crippen molar-refractivity contribution in [3.63, 3.8) is 0 Å². The number of Topliss-reactive ketones (excluding diaryl/α,β-unsaturated/α-hetero) is 1. The van der Waals surface area contributed by atoms with Gasteiger partial charge in [-0.15, -0.1) is 0 Å². The molecule has 17 heavy (non-hydrogen) atoms. The van der Waals surface area contributed by atoms with Crippen LogP contribution in [0.5, 0.6) is 0 Å². The smallest absolute Gasteiger partial charge is 0.186 e. The molecule has 0 saturated heterocycles. The van der Waals surface area contributed by atoms with E-state index in [9.17, 15) is 13.2 Å². The predicted molar refractivity (Wildman–Crippen MR) is 66.7 cm³/mol. The molecule has 0 heterocycles. The number of carbonyl (C=O) groups is 1. The van der Waals surface area contributed by atoms with Crippen LogP contribution in [-0.4, -0.2) is 20.0 Å². The highest BCUT2D eigenvalue weighted by Gasteiger charge is 2.19. The third kappa shape index (κ3) is 2.36. The second kappa shape index (κ2) is 4.30. The Bertz CT molecular complexity index is 667. The van der Waals surface area contributed by atoms with Crippen LogP contribution < -0.4 is 0 Å². The van der Waals surface area contributed by atoms with E-state index in [1.54, 1.807) is 24.3 Å². The minimum Gasteiger partial charge on any atom is -0.299 e. The Morgan fingerprint density at radius 3 is 2.41 bits per heavy atom. The van der Waals surface area contributed by atoms with Gasteiger partial charge < -0.3 is 0 Å². The van der Waals surface area contributed by atoms with Crippen molar-refractivity contribution >= 4 is 26.4 Å². The average molecular weight is 248 g/mol. The van der Waals surface area contributed by atoms with E-state index in [2.05, 4.69) is 0 Å². The molecule has 0 amide bonds. The van der Waals surface area contributed by atoms with Crippen molar-refractivity contribution in [3.05, 3.63) is 42.5 Å². The molecular formula is C13H12O3S. The quantitative estimate of drug-likeness (QED) is 0.836. The number of hydrogen-bond donors (Lipinski definition) is 0. The molecule has 0 aromatic heterocycles. The minimum absolute atomic E-state index is 0.228. The van der Waals surface area contributed by atoms with E-state index in [4.69, 9.17) is 0 Å². The van der Waals surface area contributed by atoms with E-state index in [1.807, 2.05) is 18.2 Å². The van der Waals surface area contributed by atoms with E-state index < -0.39 is 15.6 Å². The summed E-state index contributed by atoms with van der Waals surface area (Å²) in [6, 6.07) is 12.3. The monoisotopic (exact) mass is 248 g/mol. The maximum Gasteiger partial charge on any atom is 0.186 e. The van der Waals surface area contributed by atoms with Gasteiger partial charge in [0.25, 0.3) is 0 Å². The lowest BCUT2D eigenvalue weighted by Crippen LogP contribution is -2.13. The summed E-state index contributed by atoms with van der Waals surface area (Å²) in [5, 5.41) is 1.52. The third-order valence-electron chi connectivity index (χ3n) is 2.48. The third-order valence-corrected chi connectivity index (χ3v) is 4.29. The number of sulfone groups is 1. The molecule has 0 bridgehead atoms. The van der Waals surface area contributed by atoms with Crippen LogP contribution in [0.25, 0.3) is 10.8 Å². The largest absolute Gasteiger partial charge is 0.299 e. The SMILES string of the molecule is CC(=O)CS(=O)(=O)c1cccc2ccccc12. The van der Waals surface area contributed by atoms with Gasteiger partial charge in [-0.05, 0) is 18.4 Å². The van der Waals surface area contributed by atoms with Gasteiger partial charge in [0.2, 0.25) is 0 Å². The summed E-state index contributed by atoms with van der Waals surface area (Å²) in [6.07, 6.45) is 0. The standard InChI is InChI=1S/C13H12O3S/c1-10(14)9-17(15,16)13-8-4-6-11-5-2-3-7-12(11)13/h2-8H,9H2,1H3. The van der Waals surface area contributed by atoms with Gasteiger partial charge in [0.1, 0.15) is 11.5 Å². The predicted octanol–water partition coefficient (Wildman–Crippen LogP) is 2.20. The number of rotatable bonds is 3. The Hall–Kier alpha value is -1.68. The molecule has 4 heteroatoms. The molecule has 2 aromatic rings. The maximum atomic E-state index is 12.0. The molecule has 0 aliphatic heterocycles. The molecule has 0 spiro atoms. The van der Waals surface area contributed by atoms with Crippen LogP contribution in [0.4, 0.5) is 0 Å². The van der Waals surface area contributed by atoms with Crippen molar-refractivity contribution in [2.75, 3.05) is 5.75 Å². The highest BCUT2D eigenvalue weighted by atomic mass is 32.2. The van der Waals surface area contributed by atoms with Gasteiger partial charge in [0, 0.05) is 5.39 Å². The number of ketones is 1. The van der Waals surface area contributed by atoms with Gasteiger partial charge in [0.05, 0.1) is 4.90 Å². The molecule has 0 atom stereocenters. The molecule has 0 aliphatic carbocycles. The fraction of sp³-hybridized carbons (Fsp3) is 0.154. The fourth-order valence-corrected chi connectivity index (χ4v) is 3.31. The second-order valence-corrected chi connectivity index (χ2v) is 5.90. The van der Waals surface area contributed by atoms with Crippen LogP contribution in [0, 0.1) is 0 Å². The van der Waals surface area contributed by atoms with Gasteiger partial charge in [-0.3, -0.25) is 4.79 Å². The Kier molecular flexibility index (Phi) is 2.98. The summed E-state index contributed by atoms with van der Waals surface area (Å²) >= 11 is 0. The molecule has 0 fully saturated rings. The van der Waals surface area contributed by atoms with Crippen molar-refractivity contribution in [2.45, 2.75) is 11.8 Å². The Labute approximate surface area is 100.0 Å². The number of benzene rings is 2. The molecule has 0 N–H and O–H groups in total. The first-order valence-electron chi connectivity index (χ1n) is 5.21. The summed E-state index contributed by atoms with van der Waals surface area (Å²) < 4.78 is 24.1. The van der Waals surface area contributed by atoms with Crippen LogP contribution in [0.3, 0.4) is 0 Å². The molecule has 3 nitrogen and oxygen atoms in total. The maximum absolute atomic E-state index is 12.0. The van der Waals surface area contributed by atoms with E-state index in [0.717, 1.165) is 5.39 Å². The van der Waals surface area contributed by atoms with Crippen LogP contribution >= 0.6 is 0 Å². The van der Waals surface area contributed by atoms with E-state index in [0.29, 0.717) is 5.39 Å². The first-order valence-corrected chi connectivity index (χ1v) is 6.86. The summed E-state index contributed by atoms with van der Waals surface area (Å²) in [6.45, 7) is 1.28. The molecule has 0 aliphatic rings. The Morgan fingerprint density at radius 1 is 1.06 bits per heavy atom. The second-order valence-electron chi connectivity index (χ2n) is 3.94. The lowest BCUT2D eigenvalue weighted by Gasteiger charge is -2.06. The van der Waals surface area contributed by atoms with Gasteiger partial charge >= 0.3 is 0 Å². The van der Waals surface area contributed by atoms with Gasteiger partial charge in [-0.25, -0.2) is 8.42 Å². The van der Waals surface area contributed by atoms with Crippen molar-refractivity contribution in [2.24, 2.45) is 0 Å². The van der Waals surface area contributed by atoms with Crippen LogP contribution in [0.15, 0.2) is 47.4 Å². The van der Waals surface area contributed by atoms with E-state index in [-0.39, 0.29) is 10.7 Å².